The number of phenolic OH excluding ortho intramolecular Hbond substituents is 1. The number of hydrogen-bond acceptors (Lipinski definition) is 8. The number of ether oxygens (including phenoxy) is 6. The highest BCUT2D eigenvalue weighted by Gasteiger charge is 2.29. The van der Waals surface area contributed by atoms with Crippen LogP contribution < -0.4 is 14.2 Å². The molecule has 0 amide bonds. The van der Waals surface area contributed by atoms with Crippen molar-refractivity contribution in [2.24, 2.45) is 0 Å². The zero-order valence-electron chi connectivity index (χ0n) is 42.0. The van der Waals surface area contributed by atoms with Crippen molar-refractivity contribution in [1.29, 1.82) is 0 Å². The molecule has 4 aromatic carbocycles. The molecule has 0 saturated carbocycles. The normalized spacial score (nSPS) is 15.9. The van der Waals surface area contributed by atoms with Crippen LogP contribution in [-0.4, -0.2) is 62.9 Å². The van der Waals surface area contributed by atoms with Crippen LogP contribution in [0.3, 0.4) is 0 Å². The highest BCUT2D eigenvalue weighted by Crippen LogP contribution is 2.44. The lowest BCUT2D eigenvalue weighted by Gasteiger charge is -2.29. The van der Waals surface area contributed by atoms with Crippen LogP contribution in [0.1, 0.15) is 156 Å². The van der Waals surface area contributed by atoms with Gasteiger partial charge in [0.1, 0.15) is 42.8 Å². The molecule has 1 N–H and O–H groups in total. The summed E-state index contributed by atoms with van der Waals surface area (Å²) in [6.45, 7) is 30.9. The quantitative estimate of drug-likeness (QED) is 0.188. The van der Waals surface area contributed by atoms with Gasteiger partial charge < -0.3 is 33.5 Å². The Bertz CT molecular complexity index is 2460. The summed E-state index contributed by atoms with van der Waals surface area (Å²) in [5, 5.41) is 12.7. The van der Waals surface area contributed by atoms with Crippen molar-refractivity contribution in [2.45, 2.75) is 137 Å². The molecule has 1 aliphatic heterocycles. The third kappa shape index (κ3) is 12.2. The van der Waals surface area contributed by atoms with Crippen molar-refractivity contribution >= 4 is 0 Å². The maximum absolute atomic E-state index is 12.7. The first-order chi connectivity index (χ1) is 31.1. The average Bonchev–Trinajstić information content (AvgIpc) is 3.23. The van der Waals surface area contributed by atoms with Crippen molar-refractivity contribution < 1.29 is 33.5 Å². The van der Waals surface area contributed by atoms with Crippen LogP contribution in [-0.2, 0) is 68.2 Å². The lowest BCUT2D eigenvalue weighted by molar-refractivity contribution is 0.00474. The first kappa shape index (κ1) is 49.0. The molecule has 7 rings (SSSR count). The second-order valence-corrected chi connectivity index (χ2v) is 22.4. The van der Waals surface area contributed by atoms with Gasteiger partial charge in [-0.2, -0.15) is 0 Å². The smallest absolute Gasteiger partial charge is 0.130 e. The summed E-state index contributed by atoms with van der Waals surface area (Å²) in [6.07, 6.45) is 3.84. The van der Waals surface area contributed by atoms with Crippen molar-refractivity contribution in [2.75, 3.05) is 52.9 Å². The summed E-state index contributed by atoms with van der Waals surface area (Å²) in [4.78, 5) is 4.65. The molecule has 1 aromatic heterocycles. The SMILES string of the molecule is CC(C)(C)c1cc2c(O)c(c1)Cc1cc(C(C)(C)C)cc(c1OCc1ccccn1)Cc1cc(C(C)(C)C)cc3c1OCCOCCOCCOCCOc1c(cc(C(C)(C)C)cc1C3)C2. The monoisotopic (exact) mass is 898 g/mol. The van der Waals surface area contributed by atoms with Crippen molar-refractivity contribution in [3.63, 3.8) is 0 Å². The third-order valence-corrected chi connectivity index (χ3v) is 12.8. The molecular formula is C58H75NO7. The fraction of sp³-hybridized carbons (Fsp3) is 0.500. The number of fused-ring (bicyclic) bond motifs is 4. The maximum Gasteiger partial charge on any atom is 0.130 e. The van der Waals surface area contributed by atoms with Crippen LogP contribution in [0.5, 0.6) is 23.0 Å². The van der Waals surface area contributed by atoms with Gasteiger partial charge in [-0.25, -0.2) is 0 Å². The first-order valence-electron chi connectivity index (χ1n) is 24.0. The topological polar surface area (TPSA) is 88.5 Å². The number of hydrogen-bond donors (Lipinski definition) is 1. The fourth-order valence-electron chi connectivity index (χ4n) is 8.77. The van der Waals surface area contributed by atoms with E-state index in [-0.39, 0.29) is 21.7 Å². The van der Waals surface area contributed by atoms with Gasteiger partial charge in [-0.3, -0.25) is 4.98 Å². The van der Waals surface area contributed by atoms with E-state index in [4.69, 9.17) is 28.4 Å². The number of pyridine rings is 1. The van der Waals surface area contributed by atoms with Gasteiger partial charge in [-0.05, 0) is 101 Å². The molecule has 354 valence electrons. The molecule has 0 saturated heterocycles. The number of aromatic nitrogens is 1. The van der Waals surface area contributed by atoms with Gasteiger partial charge in [-0.15, -0.1) is 0 Å². The van der Waals surface area contributed by atoms with Gasteiger partial charge in [0.2, 0.25) is 0 Å². The molecule has 8 heteroatoms. The summed E-state index contributed by atoms with van der Waals surface area (Å²) >= 11 is 0. The second-order valence-electron chi connectivity index (χ2n) is 22.4. The number of rotatable bonds is 3. The summed E-state index contributed by atoms with van der Waals surface area (Å²) in [5.41, 5.74) is 12.9. The van der Waals surface area contributed by atoms with Gasteiger partial charge >= 0.3 is 0 Å². The Labute approximate surface area is 395 Å². The molecule has 66 heavy (non-hydrogen) atoms. The number of benzene rings is 4. The van der Waals surface area contributed by atoms with Gasteiger partial charge in [0.25, 0.3) is 0 Å². The largest absolute Gasteiger partial charge is 0.507 e. The molecule has 0 spiro atoms. The molecule has 1 aliphatic carbocycles. The molecule has 0 unspecified atom stereocenters. The molecule has 10 bridgehead atoms. The molecular weight excluding hydrogens is 823 g/mol. The van der Waals surface area contributed by atoms with E-state index in [1.165, 1.54) is 16.7 Å². The zero-order valence-corrected chi connectivity index (χ0v) is 42.0. The van der Waals surface area contributed by atoms with Crippen molar-refractivity contribution in [3.05, 3.63) is 145 Å². The molecule has 0 fully saturated rings. The van der Waals surface area contributed by atoms with Crippen LogP contribution in [0.2, 0.25) is 0 Å². The predicted molar refractivity (Wildman–Crippen MR) is 265 cm³/mol. The van der Waals surface area contributed by atoms with Gasteiger partial charge in [-0.1, -0.05) is 138 Å². The molecule has 2 heterocycles. The van der Waals surface area contributed by atoms with Crippen LogP contribution in [0, 0.1) is 0 Å². The van der Waals surface area contributed by atoms with Crippen LogP contribution in [0.4, 0.5) is 0 Å². The number of phenols is 1. The lowest BCUT2D eigenvalue weighted by atomic mass is 9.79. The lowest BCUT2D eigenvalue weighted by Crippen LogP contribution is -2.19. The van der Waals surface area contributed by atoms with E-state index in [1.54, 1.807) is 0 Å². The average molecular weight is 898 g/mol. The first-order valence-corrected chi connectivity index (χ1v) is 24.0. The summed E-state index contributed by atoms with van der Waals surface area (Å²) in [5.74, 6) is 2.77. The van der Waals surface area contributed by atoms with Gasteiger partial charge in [0.05, 0.1) is 45.3 Å². The Kier molecular flexibility index (Phi) is 15.0. The fourth-order valence-corrected chi connectivity index (χ4v) is 8.77. The van der Waals surface area contributed by atoms with Crippen LogP contribution in [0.25, 0.3) is 0 Å². The molecule has 0 atom stereocenters. The maximum atomic E-state index is 12.7. The minimum atomic E-state index is -0.191. The number of nitrogens with zero attached hydrogens (tertiary/aromatic N) is 1. The minimum absolute atomic E-state index is 0.170. The highest BCUT2D eigenvalue weighted by molar-refractivity contribution is 5.59. The summed E-state index contributed by atoms with van der Waals surface area (Å²) in [6, 6.07) is 24.2. The van der Waals surface area contributed by atoms with E-state index < -0.39 is 0 Å². The van der Waals surface area contributed by atoms with E-state index in [0.29, 0.717) is 90.9 Å². The molecule has 8 nitrogen and oxygen atoms in total. The van der Waals surface area contributed by atoms with Crippen LogP contribution in [0.15, 0.2) is 72.9 Å². The Balaban J connectivity index is 1.57. The van der Waals surface area contributed by atoms with Gasteiger partial charge in [0.15, 0.2) is 0 Å². The Hall–Kier alpha value is -4.89. The molecule has 5 aromatic rings. The molecule has 2 aliphatic rings. The zero-order chi connectivity index (χ0) is 47.4. The van der Waals surface area contributed by atoms with Crippen molar-refractivity contribution in [3.8, 4) is 23.0 Å². The minimum Gasteiger partial charge on any atom is -0.507 e. The number of aromatic hydroxyl groups is 1. The van der Waals surface area contributed by atoms with E-state index in [0.717, 1.165) is 73.0 Å². The van der Waals surface area contributed by atoms with Crippen molar-refractivity contribution in [1.82, 2.24) is 4.98 Å². The third-order valence-electron chi connectivity index (χ3n) is 12.8. The van der Waals surface area contributed by atoms with E-state index >= 15 is 0 Å². The second kappa shape index (κ2) is 20.1. The Morgan fingerprint density at radius 1 is 0.455 bits per heavy atom. The standard InChI is InChI=1S/C58H75NO7/c1-55(2,3)46-29-38-25-40-31-47(56(4,5)6)33-42-27-43-34-49(58(10,11)12)35-44(53(43)65-24-22-63-20-18-61-17-19-62-21-23-64-52(40)42)28-45-36-48(57(7,8)9)32-41(26-39(30-46)51(38)60)54(45)66-37-50-15-13-14-16-59-50/h13-16,29-36,60H,17-28,37H2,1-12H3. The summed E-state index contributed by atoms with van der Waals surface area (Å²) in [7, 11) is 0. The molecule has 0 radical (unpaired) electrons. The van der Waals surface area contributed by atoms with Gasteiger partial charge in [0, 0.05) is 31.9 Å². The highest BCUT2D eigenvalue weighted by atomic mass is 16.6. The Morgan fingerprint density at radius 3 is 1.17 bits per heavy atom. The Morgan fingerprint density at radius 2 is 0.788 bits per heavy atom. The van der Waals surface area contributed by atoms with E-state index in [1.807, 2.05) is 24.4 Å². The summed E-state index contributed by atoms with van der Waals surface area (Å²) < 4.78 is 38.9. The van der Waals surface area contributed by atoms with E-state index in [2.05, 4.69) is 137 Å². The predicted octanol–water partition coefficient (Wildman–Crippen LogP) is 12.1. The van der Waals surface area contributed by atoms with Crippen LogP contribution >= 0.6 is 0 Å². The van der Waals surface area contributed by atoms with E-state index in [9.17, 15) is 5.11 Å².